The predicted molar refractivity (Wildman–Crippen MR) is 86.1 cm³/mol. The summed E-state index contributed by atoms with van der Waals surface area (Å²) in [7, 11) is 5.98. The first-order chi connectivity index (χ1) is 10.1. The summed E-state index contributed by atoms with van der Waals surface area (Å²) in [6.07, 6.45) is 3.39. The van der Waals surface area contributed by atoms with Gasteiger partial charge in [-0.15, -0.1) is 0 Å². The van der Waals surface area contributed by atoms with Crippen LogP contribution in [0.2, 0.25) is 0 Å². The second-order valence-corrected chi connectivity index (χ2v) is 6.11. The lowest BCUT2D eigenvalue weighted by Crippen LogP contribution is -2.42. The number of likely N-dealkylation sites (tertiary alicyclic amines) is 1. The summed E-state index contributed by atoms with van der Waals surface area (Å²) in [4.78, 5) is 16.5. The van der Waals surface area contributed by atoms with Crippen molar-refractivity contribution in [2.45, 2.75) is 31.8 Å². The molecule has 0 bridgehead atoms. The average Bonchev–Trinajstić information content (AvgIpc) is 2.48. The first-order valence-corrected chi connectivity index (χ1v) is 7.79. The number of benzene rings is 1. The van der Waals surface area contributed by atoms with E-state index in [-0.39, 0.29) is 11.9 Å². The molecule has 1 aromatic rings. The third-order valence-electron chi connectivity index (χ3n) is 4.01. The summed E-state index contributed by atoms with van der Waals surface area (Å²) < 4.78 is 0. The van der Waals surface area contributed by atoms with Gasteiger partial charge in [-0.2, -0.15) is 0 Å². The lowest BCUT2D eigenvalue weighted by molar-refractivity contribution is -0.134. The predicted octanol–water partition coefficient (Wildman–Crippen LogP) is 2.02. The van der Waals surface area contributed by atoms with Crippen LogP contribution in [0.15, 0.2) is 24.3 Å². The summed E-state index contributed by atoms with van der Waals surface area (Å²) in [5.41, 5.74) is 2.58. The number of hydrogen-bond acceptors (Lipinski definition) is 3. The minimum atomic E-state index is 0.208. The SMILES string of the molecule is CNCC(=O)N1CCCC[C@H]1c1ccc(CN(C)C)cc1. The first-order valence-electron chi connectivity index (χ1n) is 7.79. The van der Waals surface area contributed by atoms with E-state index in [4.69, 9.17) is 0 Å². The van der Waals surface area contributed by atoms with Crippen molar-refractivity contribution in [2.24, 2.45) is 0 Å². The zero-order valence-electron chi connectivity index (χ0n) is 13.4. The van der Waals surface area contributed by atoms with Gasteiger partial charge in [0.25, 0.3) is 0 Å². The van der Waals surface area contributed by atoms with Gasteiger partial charge in [0, 0.05) is 13.1 Å². The number of nitrogens with zero attached hydrogens (tertiary/aromatic N) is 2. The van der Waals surface area contributed by atoms with Crippen molar-refractivity contribution in [3.63, 3.8) is 0 Å². The molecule has 0 unspecified atom stereocenters. The number of nitrogens with one attached hydrogen (secondary N) is 1. The molecule has 1 aliphatic heterocycles. The van der Waals surface area contributed by atoms with Gasteiger partial charge in [0.1, 0.15) is 0 Å². The maximum Gasteiger partial charge on any atom is 0.237 e. The molecular weight excluding hydrogens is 262 g/mol. The van der Waals surface area contributed by atoms with Crippen LogP contribution in [0.4, 0.5) is 0 Å². The second kappa shape index (κ2) is 7.57. The van der Waals surface area contributed by atoms with Crippen LogP contribution < -0.4 is 5.32 Å². The van der Waals surface area contributed by atoms with Crippen molar-refractivity contribution in [2.75, 3.05) is 34.2 Å². The molecule has 0 saturated carbocycles. The Kier molecular flexibility index (Phi) is 5.76. The summed E-state index contributed by atoms with van der Waals surface area (Å²) in [5, 5.41) is 2.97. The highest BCUT2D eigenvalue weighted by Gasteiger charge is 2.27. The standard InChI is InChI=1S/C17H27N3O/c1-18-12-17(21)20-11-5-4-6-16(20)15-9-7-14(8-10-15)13-19(2)3/h7-10,16,18H,4-6,11-13H2,1-3H3/t16-/m0/s1. The quantitative estimate of drug-likeness (QED) is 0.901. The fraction of sp³-hybridized carbons (Fsp3) is 0.588. The van der Waals surface area contributed by atoms with Crippen molar-refractivity contribution in [3.8, 4) is 0 Å². The summed E-state index contributed by atoms with van der Waals surface area (Å²) in [6.45, 7) is 2.26. The van der Waals surface area contributed by atoms with E-state index in [1.807, 2.05) is 11.9 Å². The van der Waals surface area contributed by atoms with Crippen LogP contribution in [0.3, 0.4) is 0 Å². The fourth-order valence-corrected chi connectivity index (χ4v) is 3.04. The molecule has 0 spiro atoms. The van der Waals surface area contributed by atoms with Gasteiger partial charge in [-0.3, -0.25) is 4.79 Å². The van der Waals surface area contributed by atoms with Gasteiger partial charge in [-0.25, -0.2) is 0 Å². The molecule has 0 radical (unpaired) electrons. The lowest BCUT2D eigenvalue weighted by Gasteiger charge is -2.36. The van der Waals surface area contributed by atoms with Gasteiger partial charge in [-0.1, -0.05) is 24.3 Å². The molecule has 1 N–H and O–H groups in total. The fourth-order valence-electron chi connectivity index (χ4n) is 3.04. The molecule has 0 aliphatic carbocycles. The van der Waals surface area contributed by atoms with Crippen molar-refractivity contribution in [3.05, 3.63) is 35.4 Å². The van der Waals surface area contributed by atoms with Crippen molar-refractivity contribution in [1.29, 1.82) is 0 Å². The summed E-state index contributed by atoms with van der Waals surface area (Å²) in [5.74, 6) is 0.208. The van der Waals surface area contributed by atoms with Gasteiger partial charge >= 0.3 is 0 Å². The Labute approximate surface area is 128 Å². The Balaban J connectivity index is 2.11. The van der Waals surface area contributed by atoms with Crippen LogP contribution >= 0.6 is 0 Å². The Morgan fingerprint density at radius 3 is 2.62 bits per heavy atom. The molecule has 4 heteroatoms. The molecule has 1 heterocycles. The molecule has 116 valence electrons. The summed E-state index contributed by atoms with van der Waals surface area (Å²) >= 11 is 0. The van der Waals surface area contributed by atoms with Gasteiger partial charge < -0.3 is 15.1 Å². The van der Waals surface area contributed by atoms with E-state index in [2.05, 4.69) is 48.6 Å². The van der Waals surface area contributed by atoms with E-state index in [1.54, 1.807) is 0 Å². The van der Waals surface area contributed by atoms with Crippen LogP contribution in [0.1, 0.15) is 36.4 Å². The monoisotopic (exact) mass is 289 g/mol. The van der Waals surface area contributed by atoms with Crippen LogP contribution in [0, 0.1) is 0 Å². The van der Waals surface area contributed by atoms with E-state index in [0.29, 0.717) is 6.54 Å². The number of piperidine rings is 1. The molecule has 0 aromatic heterocycles. The Morgan fingerprint density at radius 2 is 2.00 bits per heavy atom. The highest BCUT2D eigenvalue weighted by atomic mass is 16.2. The van der Waals surface area contributed by atoms with Crippen molar-refractivity contribution in [1.82, 2.24) is 15.1 Å². The third-order valence-corrected chi connectivity index (χ3v) is 4.01. The Hall–Kier alpha value is -1.39. The molecule has 4 nitrogen and oxygen atoms in total. The molecule has 1 aromatic carbocycles. The molecule has 1 aliphatic rings. The zero-order chi connectivity index (χ0) is 15.2. The summed E-state index contributed by atoms with van der Waals surface area (Å²) in [6, 6.07) is 8.99. The third kappa shape index (κ3) is 4.29. The lowest BCUT2D eigenvalue weighted by atomic mass is 9.94. The van der Waals surface area contributed by atoms with E-state index in [1.165, 1.54) is 17.5 Å². The van der Waals surface area contributed by atoms with Gasteiger partial charge in [0.05, 0.1) is 12.6 Å². The molecular formula is C17H27N3O. The van der Waals surface area contributed by atoms with Gasteiger partial charge in [0.15, 0.2) is 0 Å². The van der Waals surface area contributed by atoms with E-state index in [0.717, 1.165) is 25.9 Å². The molecule has 1 fully saturated rings. The van der Waals surface area contributed by atoms with Crippen LogP contribution in [0.5, 0.6) is 0 Å². The maximum absolute atomic E-state index is 12.3. The van der Waals surface area contributed by atoms with Gasteiger partial charge in [-0.05, 0) is 51.5 Å². The van der Waals surface area contributed by atoms with E-state index in [9.17, 15) is 4.79 Å². The molecule has 1 amide bonds. The zero-order valence-corrected chi connectivity index (χ0v) is 13.4. The Morgan fingerprint density at radius 1 is 1.29 bits per heavy atom. The van der Waals surface area contributed by atoms with Gasteiger partial charge in [0.2, 0.25) is 5.91 Å². The van der Waals surface area contributed by atoms with E-state index < -0.39 is 0 Å². The number of carbonyl (C=O) groups is 1. The number of likely N-dealkylation sites (N-methyl/N-ethyl adjacent to an activating group) is 1. The molecule has 21 heavy (non-hydrogen) atoms. The van der Waals surface area contributed by atoms with Crippen molar-refractivity contribution < 1.29 is 4.79 Å². The highest BCUT2D eigenvalue weighted by molar-refractivity contribution is 5.78. The number of carbonyl (C=O) groups excluding carboxylic acids is 1. The first kappa shape index (κ1) is 16.0. The maximum atomic E-state index is 12.3. The largest absolute Gasteiger partial charge is 0.335 e. The highest BCUT2D eigenvalue weighted by Crippen LogP contribution is 2.31. The normalized spacial score (nSPS) is 19.0. The second-order valence-electron chi connectivity index (χ2n) is 6.11. The Bertz CT molecular complexity index is 456. The smallest absolute Gasteiger partial charge is 0.237 e. The minimum Gasteiger partial charge on any atom is -0.335 e. The van der Waals surface area contributed by atoms with Crippen LogP contribution in [-0.4, -0.2) is 49.9 Å². The molecule has 1 saturated heterocycles. The molecule has 2 rings (SSSR count). The van der Waals surface area contributed by atoms with E-state index >= 15 is 0 Å². The van der Waals surface area contributed by atoms with Crippen LogP contribution in [-0.2, 0) is 11.3 Å². The van der Waals surface area contributed by atoms with Crippen LogP contribution in [0.25, 0.3) is 0 Å². The topological polar surface area (TPSA) is 35.6 Å². The van der Waals surface area contributed by atoms with Crippen molar-refractivity contribution >= 4 is 5.91 Å². The number of amides is 1. The average molecular weight is 289 g/mol. The number of hydrogen-bond donors (Lipinski definition) is 1. The minimum absolute atomic E-state index is 0.208. The molecule has 1 atom stereocenters. The number of rotatable bonds is 5.